The summed E-state index contributed by atoms with van der Waals surface area (Å²) in [5, 5.41) is 20.5. The Morgan fingerprint density at radius 2 is 2.00 bits per heavy atom. The minimum Gasteiger partial charge on any atom is -0.386 e. The normalized spacial score (nSPS) is 34.8. The highest BCUT2D eigenvalue weighted by Gasteiger charge is 2.43. The molecule has 1 aliphatic rings. The van der Waals surface area contributed by atoms with Gasteiger partial charge >= 0.3 is 0 Å². The number of piperidine rings is 1. The highest BCUT2D eigenvalue weighted by molar-refractivity contribution is 5.15. The van der Waals surface area contributed by atoms with Gasteiger partial charge in [-0.05, 0) is 24.8 Å². The number of hydrogen-bond acceptors (Lipinski definition) is 3. The van der Waals surface area contributed by atoms with Crippen molar-refractivity contribution in [2.45, 2.75) is 38.6 Å². The van der Waals surface area contributed by atoms with Crippen molar-refractivity contribution in [3.8, 4) is 0 Å². The number of rotatable bonds is 2. The Labute approximate surface area is 103 Å². The second kappa shape index (κ2) is 4.77. The molecule has 2 rings (SSSR count). The Balaban J connectivity index is 2.08. The van der Waals surface area contributed by atoms with Crippen LogP contribution in [0.3, 0.4) is 0 Å². The third kappa shape index (κ3) is 2.51. The summed E-state index contributed by atoms with van der Waals surface area (Å²) in [6.45, 7) is 5.22. The molecule has 0 radical (unpaired) electrons. The Morgan fingerprint density at radius 3 is 2.65 bits per heavy atom. The summed E-state index contributed by atoms with van der Waals surface area (Å²) in [5.41, 5.74) is 0.143. The molecule has 0 spiro atoms. The third-order valence-corrected chi connectivity index (χ3v) is 3.94. The summed E-state index contributed by atoms with van der Waals surface area (Å²) in [4.78, 5) is 1.94. The minimum atomic E-state index is -1.02. The van der Waals surface area contributed by atoms with E-state index >= 15 is 0 Å². The molecule has 1 aromatic rings. The second-order valence-corrected chi connectivity index (χ2v) is 5.25. The van der Waals surface area contributed by atoms with Gasteiger partial charge < -0.3 is 10.2 Å². The van der Waals surface area contributed by atoms with Gasteiger partial charge in [0.15, 0.2) is 0 Å². The van der Waals surface area contributed by atoms with Crippen LogP contribution in [-0.2, 0) is 6.54 Å². The first-order valence-electron chi connectivity index (χ1n) is 6.20. The maximum absolute atomic E-state index is 10.3. The summed E-state index contributed by atoms with van der Waals surface area (Å²) in [5.74, 6) is 0.129. The molecule has 3 unspecified atom stereocenters. The van der Waals surface area contributed by atoms with Crippen molar-refractivity contribution in [1.29, 1.82) is 0 Å². The number of aliphatic hydroxyl groups is 2. The lowest BCUT2D eigenvalue weighted by Gasteiger charge is -2.46. The summed E-state index contributed by atoms with van der Waals surface area (Å²) in [6, 6.07) is 10.0. The Bertz CT molecular complexity index is 364. The average Bonchev–Trinajstić information content (AvgIpc) is 2.32. The molecule has 1 saturated heterocycles. The summed E-state index contributed by atoms with van der Waals surface area (Å²) >= 11 is 0. The van der Waals surface area contributed by atoms with Crippen LogP contribution in [0.25, 0.3) is 0 Å². The molecular formula is C14H21NO2. The van der Waals surface area contributed by atoms with Gasteiger partial charge in [0.1, 0.15) is 11.8 Å². The van der Waals surface area contributed by atoms with Gasteiger partial charge in [0, 0.05) is 13.1 Å². The molecule has 1 fully saturated rings. The fourth-order valence-electron chi connectivity index (χ4n) is 2.38. The summed E-state index contributed by atoms with van der Waals surface area (Å²) < 4.78 is 0. The van der Waals surface area contributed by atoms with Crippen molar-refractivity contribution in [2.24, 2.45) is 5.92 Å². The highest BCUT2D eigenvalue weighted by atomic mass is 16.4. The third-order valence-electron chi connectivity index (χ3n) is 3.94. The van der Waals surface area contributed by atoms with Gasteiger partial charge in [-0.25, -0.2) is 0 Å². The molecule has 3 nitrogen and oxygen atoms in total. The first kappa shape index (κ1) is 12.6. The van der Waals surface area contributed by atoms with Crippen LogP contribution in [0.2, 0.25) is 0 Å². The predicted molar refractivity (Wildman–Crippen MR) is 67.3 cm³/mol. The Hall–Kier alpha value is -0.900. The van der Waals surface area contributed by atoms with Crippen molar-refractivity contribution in [2.75, 3.05) is 6.54 Å². The van der Waals surface area contributed by atoms with Crippen molar-refractivity contribution in [3.63, 3.8) is 0 Å². The number of likely N-dealkylation sites (tertiary alicyclic amines) is 1. The van der Waals surface area contributed by atoms with Crippen LogP contribution in [-0.4, -0.2) is 33.5 Å². The largest absolute Gasteiger partial charge is 0.386 e. The molecule has 0 aliphatic carbocycles. The Morgan fingerprint density at radius 1 is 1.35 bits per heavy atom. The fraction of sp³-hybridized carbons (Fsp3) is 0.571. The maximum Gasteiger partial charge on any atom is 0.136 e. The zero-order valence-electron chi connectivity index (χ0n) is 10.5. The van der Waals surface area contributed by atoms with E-state index < -0.39 is 11.8 Å². The molecule has 1 aromatic carbocycles. The molecule has 0 bridgehead atoms. The van der Waals surface area contributed by atoms with E-state index in [9.17, 15) is 10.2 Å². The number of hydrogen-bond donors (Lipinski definition) is 2. The SMILES string of the molecule is CC1CCN(Cc2ccccc2)C(O)C1(C)O. The van der Waals surface area contributed by atoms with Crippen LogP contribution in [0.4, 0.5) is 0 Å². The standard InChI is InChI=1S/C14H21NO2/c1-11-8-9-15(13(16)14(11,2)17)10-12-6-4-3-5-7-12/h3-7,11,13,16-17H,8-10H2,1-2H3. The van der Waals surface area contributed by atoms with Gasteiger partial charge in [0.25, 0.3) is 0 Å². The van der Waals surface area contributed by atoms with E-state index in [4.69, 9.17) is 0 Å². The molecule has 2 N–H and O–H groups in total. The van der Waals surface area contributed by atoms with E-state index in [0.717, 1.165) is 18.5 Å². The quantitative estimate of drug-likeness (QED) is 0.818. The lowest BCUT2D eigenvalue weighted by Crippen LogP contribution is -2.58. The van der Waals surface area contributed by atoms with Crippen LogP contribution in [0.15, 0.2) is 30.3 Å². The molecule has 1 aliphatic heterocycles. The van der Waals surface area contributed by atoms with Crippen LogP contribution in [0.5, 0.6) is 0 Å². The molecule has 17 heavy (non-hydrogen) atoms. The van der Waals surface area contributed by atoms with Crippen LogP contribution in [0.1, 0.15) is 25.8 Å². The fourth-order valence-corrected chi connectivity index (χ4v) is 2.38. The van der Waals surface area contributed by atoms with E-state index in [1.165, 1.54) is 0 Å². The first-order valence-corrected chi connectivity index (χ1v) is 6.20. The van der Waals surface area contributed by atoms with Crippen LogP contribution >= 0.6 is 0 Å². The van der Waals surface area contributed by atoms with E-state index in [0.29, 0.717) is 6.54 Å². The van der Waals surface area contributed by atoms with E-state index in [1.54, 1.807) is 6.92 Å². The Kier molecular flexibility index (Phi) is 3.52. The van der Waals surface area contributed by atoms with Crippen molar-refractivity contribution in [3.05, 3.63) is 35.9 Å². The first-order chi connectivity index (χ1) is 8.01. The zero-order chi connectivity index (χ0) is 12.5. The summed E-state index contributed by atoms with van der Waals surface area (Å²) in [7, 11) is 0. The monoisotopic (exact) mass is 235 g/mol. The number of nitrogens with zero attached hydrogens (tertiary/aromatic N) is 1. The van der Waals surface area contributed by atoms with Crippen LogP contribution < -0.4 is 0 Å². The van der Waals surface area contributed by atoms with Crippen LogP contribution in [0, 0.1) is 5.92 Å². The van der Waals surface area contributed by atoms with Gasteiger partial charge in [-0.3, -0.25) is 4.90 Å². The molecule has 0 amide bonds. The average molecular weight is 235 g/mol. The predicted octanol–water partition coefficient (Wildman–Crippen LogP) is 1.60. The van der Waals surface area contributed by atoms with Gasteiger partial charge in [-0.15, -0.1) is 0 Å². The van der Waals surface area contributed by atoms with E-state index in [-0.39, 0.29) is 5.92 Å². The molecule has 0 saturated carbocycles. The van der Waals surface area contributed by atoms with Gasteiger partial charge in [0.05, 0.1) is 0 Å². The maximum atomic E-state index is 10.3. The number of aliphatic hydroxyl groups excluding tert-OH is 1. The molecule has 1 heterocycles. The zero-order valence-corrected chi connectivity index (χ0v) is 10.5. The molecule has 0 aromatic heterocycles. The van der Waals surface area contributed by atoms with Crippen molar-refractivity contribution in [1.82, 2.24) is 4.90 Å². The van der Waals surface area contributed by atoms with Crippen molar-refractivity contribution < 1.29 is 10.2 Å². The van der Waals surface area contributed by atoms with Gasteiger partial charge in [0.2, 0.25) is 0 Å². The number of benzene rings is 1. The lowest BCUT2D eigenvalue weighted by molar-refractivity contribution is -0.192. The molecule has 3 heteroatoms. The van der Waals surface area contributed by atoms with Gasteiger partial charge in [-0.2, -0.15) is 0 Å². The van der Waals surface area contributed by atoms with Crippen molar-refractivity contribution >= 4 is 0 Å². The molecule has 94 valence electrons. The van der Waals surface area contributed by atoms with Gasteiger partial charge in [-0.1, -0.05) is 37.3 Å². The summed E-state index contributed by atoms with van der Waals surface area (Å²) in [6.07, 6.45) is 0.128. The highest BCUT2D eigenvalue weighted by Crippen LogP contribution is 2.32. The topological polar surface area (TPSA) is 43.7 Å². The smallest absolute Gasteiger partial charge is 0.136 e. The minimum absolute atomic E-state index is 0.129. The molecular weight excluding hydrogens is 214 g/mol. The lowest BCUT2D eigenvalue weighted by atomic mass is 9.82. The second-order valence-electron chi connectivity index (χ2n) is 5.25. The van der Waals surface area contributed by atoms with E-state index in [2.05, 4.69) is 0 Å². The molecule has 3 atom stereocenters. The van der Waals surface area contributed by atoms with E-state index in [1.807, 2.05) is 42.2 Å².